The van der Waals surface area contributed by atoms with Gasteiger partial charge in [-0.1, -0.05) is 30.0 Å². The van der Waals surface area contributed by atoms with E-state index in [0.717, 1.165) is 11.1 Å². The Morgan fingerprint density at radius 2 is 1.81 bits per heavy atom. The molecule has 0 saturated carbocycles. The van der Waals surface area contributed by atoms with Crippen molar-refractivity contribution in [1.29, 1.82) is 0 Å². The first kappa shape index (κ1) is 17.9. The van der Waals surface area contributed by atoms with E-state index in [2.05, 4.69) is 15.5 Å². The van der Waals surface area contributed by atoms with Crippen LogP contribution in [-0.4, -0.2) is 27.6 Å². The molecule has 1 heterocycles. The van der Waals surface area contributed by atoms with Gasteiger partial charge in [-0.2, -0.15) is 0 Å². The van der Waals surface area contributed by atoms with E-state index in [1.807, 2.05) is 31.2 Å². The smallest absolute Gasteiger partial charge is 0.277 e. The Morgan fingerprint density at radius 1 is 1.08 bits per heavy atom. The van der Waals surface area contributed by atoms with E-state index >= 15 is 0 Å². The van der Waals surface area contributed by atoms with Gasteiger partial charge in [-0.15, -0.1) is 10.2 Å². The van der Waals surface area contributed by atoms with Gasteiger partial charge < -0.3 is 9.73 Å². The molecule has 6 nitrogen and oxygen atoms in total. The summed E-state index contributed by atoms with van der Waals surface area (Å²) in [5, 5.41) is 11.1. The number of ketones is 1. The summed E-state index contributed by atoms with van der Waals surface area (Å²) in [4.78, 5) is 23.3. The maximum absolute atomic E-state index is 12.0. The van der Waals surface area contributed by atoms with Gasteiger partial charge in [0.2, 0.25) is 11.8 Å². The highest BCUT2D eigenvalue weighted by Crippen LogP contribution is 2.25. The molecule has 0 spiro atoms. The van der Waals surface area contributed by atoms with Crippen molar-refractivity contribution in [3.05, 3.63) is 59.7 Å². The Hall–Kier alpha value is -2.93. The Bertz CT molecular complexity index is 935. The number of carbonyl (C=O) groups is 2. The van der Waals surface area contributed by atoms with E-state index in [1.165, 1.54) is 18.7 Å². The van der Waals surface area contributed by atoms with E-state index in [9.17, 15) is 9.59 Å². The van der Waals surface area contributed by atoms with E-state index < -0.39 is 0 Å². The number of amides is 1. The Labute approximate surface area is 155 Å². The lowest BCUT2D eigenvalue weighted by Crippen LogP contribution is -2.14. The first-order chi connectivity index (χ1) is 12.5. The second-order valence-electron chi connectivity index (χ2n) is 5.66. The predicted octanol–water partition coefficient (Wildman–Crippen LogP) is 3.98. The molecule has 26 heavy (non-hydrogen) atoms. The van der Waals surface area contributed by atoms with Gasteiger partial charge in [0.1, 0.15) is 0 Å². The summed E-state index contributed by atoms with van der Waals surface area (Å²) in [7, 11) is 0. The summed E-state index contributed by atoms with van der Waals surface area (Å²) >= 11 is 1.17. The van der Waals surface area contributed by atoms with Gasteiger partial charge >= 0.3 is 0 Å². The molecule has 0 aliphatic rings. The van der Waals surface area contributed by atoms with Crippen molar-refractivity contribution in [2.45, 2.75) is 19.1 Å². The molecule has 0 atom stereocenters. The maximum Gasteiger partial charge on any atom is 0.277 e. The summed E-state index contributed by atoms with van der Waals surface area (Å²) in [5.74, 6) is 0.371. The number of anilines is 1. The molecule has 1 aromatic heterocycles. The fraction of sp³-hybridized carbons (Fsp3) is 0.158. The number of hydrogen-bond acceptors (Lipinski definition) is 6. The SMILES string of the molecule is CC(=O)c1ccc(NC(=O)CSc2nnc(-c3ccccc3C)o2)cc1. The minimum Gasteiger partial charge on any atom is -0.411 e. The normalized spacial score (nSPS) is 10.5. The van der Waals surface area contributed by atoms with Crippen molar-refractivity contribution in [2.75, 3.05) is 11.1 Å². The molecule has 3 aromatic rings. The van der Waals surface area contributed by atoms with Crippen molar-refractivity contribution in [3.63, 3.8) is 0 Å². The second-order valence-corrected chi connectivity index (χ2v) is 6.59. The zero-order chi connectivity index (χ0) is 18.5. The quantitative estimate of drug-likeness (QED) is 0.524. The van der Waals surface area contributed by atoms with E-state index in [-0.39, 0.29) is 17.4 Å². The van der Waals surface area contributed by atoms with Crippen LogP contribution in [0.5, 0.6) is 0 Å². The minimum atomic E-state index is -0.193. The first-order valence-corrected chi connectivity index (χ1v) is 8.94. The Morgan fingerprint density at radius 3 is 2.50 bits per heavy atom. The molecule has 0 unspecified atom stereocenters. The maximum atomic E-state index is 12.0. The van der Waals surface area contributed by atoms with Crippen LogP contribution in [-0.2, 0) is 4.79 Å². The number of thioether (sulfide) groups is 1. The monoisotopic (exact) mass is 367 g/mol. The van der Waals surface area contributed by atoms with Crippen LogP contribution < -0.4 is 5.32 Å². The molecule has 0 aliphatic carbocycles. The van der Waals surface area contributed by atoms with Gasteiger partial charge in [0.15, 0.2) is 5.78 Å². The average molecular weight is 367 g/mol. The lowest BCUT2D eigenvalue weighted by Gasteiger charge is -2.04. The molecular formula is C19H17N3O3S. The zero-order valence-corrected chi connectivity index (χ0v) is 15.2. The molecule has 0 aliphatic heterocycles. The van der Waals surface area contributed by atoms with E-state index in [0.29, 0.717) is 22.4 Å². The third-order valence-corrected chi connectivity index (χ3v) is 4.50. The van der Waals surface area contributed by atoms with Crippen LogP contribution in [0.4, 0.5) is 5.69 Å². The number of benzene rings is 2. The molecule has 0 fully saturated rings. The molecule has 7 heteroatoms. The highest BCUT2D eigenvalue weighted by molar-refractivity contribution is 7.99. The molecular weight excluding hydrogens is 350 g/mol. The van der Waals surface area contributed by atoms with Crippen LogP contribution in [0.2, 0.25) is 0 Å². The van der Waals surface area contributed by atoms with Gasteiger partial charge in [0, 0.05) is 16.8 Å². The summed E-state index contributed by atoms with van der Waals surface area (Å²) in [5.41, 5.74) is 3.15. The topological polar surface area (TPSA) is 85.1 Å². The number of nitrogens with one attached hydrogen (secondary N) is 1. The Balaban J connectivity index is 1.56. The Kier molecular flexibility index (Phi) is 5.48. The van der Waals surface area contributed by atoms with Crippen LogP contribution in [0.25, 0.3) is 11.5 Å². The molecule has 0 saturated heterocycles. The van der Waals surface area contributed by atoms with E-state index in [1.54, 1.807) is 24.3 Å². The lowest BCUT2D eigenvalue weighted by molar-refractivity contribution is -0.113. The van der Waals surface area contributed by atoms with Crippen molar-refractivity contribution in [3.8, 4) is 11.5 Å². The molecule has 0 bridgehead atoms. The fourth-order valence-corrected chi connectivity index (χ4v) is 2.87. The number of aromatic nitrogens is 2. The van der Waals surface area contributed by atoms with Crippen LogP contribution in [0.3, 0.4) is 0 Å². The summed E-state index contributed by atoms with van der Waals surface area (Å²) in [6.45, 7) is 3.47. The number of carbonyl (C=O) groups excluding carboxylic acids is 2. The summed E-state index contributed by atoms with van der Waals surface area (Å²) in [6.07, 6.45) is 0. The van der Waals surface area contributed by atoms with Crippen molar-refractivity contribution in [2.24, 2.45) is 0 Å². The highest BCUT2D eigenvalue weighted by Gasteiger charge is 2.12. The number of rotatable bonds is 6. The highest BCUT2D eigenvalue weighted by atomic mass is 32.2. The van der Waals surface area contributed by atoms with Crippen molar-refractivity contribution >= 4 is 29.1 Å². The van der Waals surface area contributed by atoms with Crippen LogP contribution in [0, 0.1) is 6.92 Å². The average Bonchev–Trinajstić information content (AvgIpc) is 3.09. The fourth-order valence-electron chi connectivity index (χ4n) is 2.30. The lowest BCUT2D eigenvalue weighted by atomic mass is 10.1. The number of hydrogen-bond donors (Lipinski definition) is 1. The first-order valence-electron chi connectivity index (χ1n) is 7.96. The van der Waals surface area contributed by atoms with Crippen LogP contribution in [0.1, 0.15) is 22.8 Å². The summed E-state index contributed by atoms with van der Waals surface area (Å²) in [6, 6.07) is 14.5. The molecule has 1 amide bonds. The molecule has 132 valence electrons. The molecule has 0 radical (unpaired) electrons. The van der Waals surface area contributed by atoms with Gasteiger partial charge in [0.25, 0.3) is 5.22 Å². The van der Waals surface area contributed by atoms with E-state index in [4.69, 9.17) is 4.42 Å². The van der Waals surface area contributed by atoms with Gasteiger partial charge in [0.05, 0.1) is 5.75 Å². The largest absolute Gasteiger partial charge is 0.411 e. The van der Waals surface area contributed by atoms with Gasteiger partial charge in [-0.25, -0.2) is 0 Å². The second kappa shape index (κ2) is 7.97. The third-order valence-electron chi connectivity index (χ3n) is 3.68. The standard InChI is InChI=1S/C19H17N3O3S/c1-12-5-3-4-6-16(12)18-21-22-19(25-18)26-11-17(24)20-15-9-7-14(8-10-15)13(2)23/h3-10H,11H2,1-2H3,(H,20,24). The third kappa shape index (κ3) is 4.37. The van der Waals surface area contributed by atoms with Gasteiger partial charge in [-0.3, -0.25) is 9.59 Å². The molecule has 3 rings (SSSR count). The summed E-state index contributed by atoms with van der Waals surface area (Å²) < 4.78 is 5.62. The predicted molar refractivity (Wildman–Crippen MR) is 100 cm³/mol. The number of Topliss-reactive ketones (excluding diaryl/α,β-unsaturated/α-hetero) is 1. The number of nitrogens with zero attached hydrogens (tertiary/aromatic N) is 2. The molecule has 2 aromatic carbocycles. The molecule has 1 N–H and O–H groups in total. The van der Waals surface area contributed by atoms with Crippen molar-refractivity contribution < 1.29 is 14.0 Å². The zero-order valence-electron chi connectivity index (χ0n) is 14.4. The number of aryl methyl sites for hydroxylation is 1. The van der Waals surface area contributed by atoms with Crippen molar-refractivity contribution in [1.82, 2.24) is 10.2 Å². The van der Waals surface area contributed by atoms with Crippen LogP contribution >= 0.6 is 11.8 Å². The van der Waals surface area contributed by atoms with Gasteiger partial charge in [-0.05, 0) is 49.7 Å². The minimum absolute atomic E-state index is 0.0146. The van der Waals surface area contributed by atoms with Crippen LogP contribution in [0.15, 0.2) is 58.2 Å².